The molecule has 17 heteroatoms. The van der Waals surface area contributed by atoms with Crippen molar-refractivity contribution in [3.63, 3.8) is 0 Å². The van der Waals surface area contributed by atoms with Crippen LogP contribution in [0, 0.1) is 0 Å². The van der Waals surface area contributed by atoms with E-state index in [1.54, 1.807) is 0 Å². The zero-order chi connectivity index (χ0) is 26.3. The van der Waals surface area contributed by atoms with Crippen molar-refractivity contribution in [2.45, 2.75) is 55.9 Å². The Morgan fingerprint density at radius 2 is 1.80 bits per heavy atom. The second kappa shape index (κ2) is 12.2. The van der Waals surface area contributed by atoms with E-state index in [4.69, 9.17) is 14.9 Å². The van der Waals surface area contributed by atoms with Crippen molar-refractivity contribution in [3.05, 3.63) is 33.1 Å². The Morgan fingerprint density at radius 3 is 2.40 bits per heavy atom. The maximum absolute atomic E-state index is 12.2. The minimum Gasteiger partial charge on any atom is -0.481 e. The molecule has 6 atom stereocenters. The monoisotopic (exact) mass is 503 g/mol. The summed E-state index contributed by atoms with van der Waals surface area (Å²) in [7, 11) is 0. The number of carboxylic acid groups (broad SMARTS) is 2. The molecule has 1 saturated heterocycles. The van der Waals surface area contributed by atoms with Crippen LogP contribution in [0.2, 0.25) is 0 Å². The third-order valence-corrected chi connectivity index (χ3v) is 4.96. The molecule has 0 aliphatic carbocycles. The van der Waals surface area contributed by atoms with Crippen LogP contribution >= 0.6 is 0 Å². The second-order valence-corrected chi connectivity index (χ2v) is 7.49. The molecular formula is C18H25N5O12. The number of H-pyrrole nitrogens is 1. The SMILES string of the molecule is O=C(O)CC[C@H](NNC(=O)CCNC(=O)C(O)[C@H]1O[C@@H](n2ccc(=O)[nH]c2=O)[C@H](O)[C@@H]1O)C(=O)O. The number of aromatic amines is 1. The van der Waals surface area contributed by atoms with E-state index in [0.717, 1.165) is 16.8 Å². The number of aliphatic hydroxyl groups is 3. The lowest BCUT2D eigenvalue weighted by Gasteiger charge is -2.20. The van der Waals surface area contributed by atoms with Crippen LogP contribution in [0.4, 0.5) is 0 Å². The molecule has 0 aromatic carbocycles. The van der Waals surface area contributed by atoms with Gasteiger partial charge in [-0.15, -0.1) is 0 Å². The highest BCUT2D eigenvalue weighted by Gasteiger charge is 2.49. The summed E-state index contributed by atoms with van der Waals surface area (Å²) in [4.78, 5) is 70.6. The summed E-state index contributed by atoms with van der Waals surface area (Å²) < 4.78 is 6.04. The largest absolute Gasteiger partial charge is 0.481 e. The van der Waals surface area contributed by atoms with Gasteiger partial charge in [0.1, 0.15) is 24.4 Å². The molecule has 1 aromatic rings. The Labute approximate surface area is 195 Å². The van der Waals surface area contributed by atoms with Crippen molar-refractivity contribution < 1.29 is 49.4 Å². The van der Waals surface area contributed by atoms with Gasteiger partial charge in [-0.1, -0.05) is 0 Å². The molecule has 2 rings (SSSR count). The van der Waals surface area contributed by atoms with Gasteiger partial charge in [-0.25, -0.2) is 10.2 Å². The minimum atomic E-state index is -2.02. The quantitative estimate of drug-likeness (QED) is 0.121. The normalized spacial score (nSPS) is 23.3. The number of aliphatic hydroxyl groups excluding tert-OH is 3. The van der Waals surface area contributed by atoms with Crippen LogP contribution in [0.3, 0.4) is 0 Å². The fourth-order valence-electron chi connectivity index (χ4n) is 3.11. The summed E-state index contributed by atoms with van der Waals surface area (Å²) in [6.07, 6.45) is -8.82. The lowest BCUT2D eigenvalue weighted by molar-refractivity contribution is -0.143. The average molecular weight is 503 g/mol. The van der Waals surface area contributed by atoms with Gasteiger partial charge >= 0.3 is 17.6 Å². The van der Waals surface area contributed by atoms with E-state index in [0.29, 0.717) is 0 Å². The fraction of sp³-hybridized carbons (Fsp3) is 0.556. The Morgan fingerprint density at radius 1 is 1.11 bits per heavy atom. The van der Waals surface area contributed by atoms with Gasteiger partial charge in [-0.2, -0.15) is 0 Å². The Bertz CT molecular complexity index is 1050. The average Bonchev–Trinajstić information content (AvgIpc) is 3.07. The molecule has 9 N–H and O–H groups in total. The topological polar surface area (TPSA) is 270 Å². The van der Waals surface area contributed by atoms with E-state index in [-0.39, 0.29) is 19.4 Å². The number of ether oxygens (including phenoxy) is 1. The molecule has 35 heavy (non-hydrogen) atoms. The van der Waals surface area contributed by atoms with E-state index in [9.17, 15) is 44.1 Å². The van der Waals surface area contributed by atoms with Gasteiger partial charge < -0.3 is 35.6 Å². The lowest BCUT2D eigenvalue weighted by Crippen LogP contribution is -2.50. The van der Waals surface area contributed by atoms with Crippen LogP contribution in [0.25, 0.3) is 0 Å². The Balaban J connectivity index is 1.84. The van der Waals surface area contributed by atoms with Gasteiger partial charge in [0, 0.05) is 31.6 Å². The van der Waals surface area contributed by atoms with Crippen molar-refractivity contribution in [2.24, 2.45) is 0 Å². The first kappa shape index (κ1) is 27.6. The van der Waals surface area contributed by atoms with E-state index in [1.165, 1.54) is 0 Å². The van der Waals surface area contributed by atoms with Crippen LogP contribution in [0.15, 0.2) is 21.9 Å². The number of hydrogen-bond donors (Lipinski definition) is 9. The fourth-order valence-corrected chi connectivity index (χ4v) is 3.11. The minimum absolute atomic E-state index is 0.296. The number of aromatic nitrogens is 2. The highest BCUT2D eigenvalue weighted by molar-refractivity contribution is 5.82. The summed E-state index contributed by atoms with van der Waals surface area (Å²) in [5, 5.41) is 50.3. The first-order chi connectivity index (χ1) is 16.4. The van der Waals surface area contributed by atoms with E-state index < -0.39 is 78.1 Å². The number of carbonyl (C=O) groups excluding carboxylic acids is 2. The Hall–Kier alpha value is -3.64. The number of hydrazine groups is 1. The molecule has 1 aliphatic heterocycles. The smallest absolute Gasteiger partial charge is 0.330 e. The highest BCUT2D eigenvalue weighted by atomic mass is 16.6. The van der Waals surface area contributed by atoms with E-state index in [1.807, 2.05) is 4.98 Å². The van der Waals surface area contributed by atoms with E-state index >= 15 is 0 Å². The summed E-state index contributed by atoms with van der Waals surface area (Å²) in [5.74, 6) is -4.44. The molecule has 1 unspecified atom stereocenters. The summed E-state index contributed by atoms with van der Waals surface area (Å²) >= 11 is 0. The third kappa shape index (κ3) is 7.42. The number of nitrogens with one attached hydrogen (secondary N) is 4. The summed E-state index contributed by atoms with van der Waals surface area (Å²) in [6.45, 7) is -0.329. The maximum Gasteiger partial charge on any atom is 0.330 e. The van der Waals surface area contributed by atoms with Gasteiger partial charge in [-0.05, 0) is 6.42 Å². The van der Waals surface area contributed by atoms with Crippen molar-refractivity contribution in [2.75, 3.05) is 6.54 Å². The van der Waals surface area contributed by atoms with Crippen molar-refractivity contribution >= 4 is 23.8 Å². The molecule has 0 radical (unpaired) electrons. The van der Waals surface area contributed by atoms with Crippen molar-refractivity contribution in [3.8, 4) is 0 Å². The first-order valence-electron chi connectivity index (χ1n) is 10.2. The molecule has 1 fully saturated rings. The zero-order valence-electron chi connectivity index (χ0n) is 18.0. The lowest BCUT2D eigenvalue weighted by atomic mass is 10.0. The second-order valence-electron chi connectivity index (χ2n) is 7.49. The molecule has 2 heterocycles. The summed E-state index contributed by atoms with van der Waals surface area (Å²) in [6, 6.07) is -0.396. The molecule has 0 saturated carbocycles. The van der Waals surface area contributed by atoms with Crippen molar-refractivity contribution in [1.29, 1.82) is 0 Å². The first-order valence-corrected chi connectivity index (χ1v) is 10.2. The molecule has 194 valence electrons. The van der Waals surface area contributed by atoms with Gasteiger partial charge in [0.25, 0.3) is 11.5 Å². The maximum atomic E-state index is 12.2. The molecule has 0 bridgehead atoms. The van der Waals surface area contributed by atoms with Crippen LogP contribution in [0.1, 0.15) is 25.5 Å². The van der Waals surface area contributed by atoms with Gasteiger partial charge in [-0.3, -0.25) is 38.9 Å². The number of carbonyl (C=O) groups is 4. The number of amides is 2. The third-order valence-electron chi connectivity index (χ3n) is 4.96. The standard InChI is InChI=1S/C18H25N5O12/c24-8-4-6-23(18(34)20-8)16-12(29)11(28)14(35-16)13(30)15(31)19-5-3-9(25)22-21-7(17(32)33)1-2-10(26)27/h4,6-7,11-14,16,21,28-30H,1-3,5H2,(H,19,31)(H,22,25)(H,26,27)(H,32,33)(H,20,24,34)/t7-,11-,12+,13?,14-,16+/m0/s1. The van der Waals surface area contributed by atoms with Crippen LogP contribution in [0.5, 0.6) is 0 Å². The Kier molecular flexibility index (Phi) is 9.60. The predicted octanol–water partition coefficient (Wildman–Crippen LogP) is -5.04. The van der Waals surface area contributed by atoms with E-state index in [2.05, 4.69) is 16.2 Å². The molecule has 17 nitrogen and oxygen atoms in total. The predicted molar refractivity (Wildman–Crippen MR) is 110 cm³/mol. The molecule has 2 amide bonds. The molecule has 1 aromatic heterocycles. The van der Waals surface area contributed by atoms with Crippen LogP contribution < -0.4 is 27.4 Å². The number of hydrogen-bond acceptors (Lipinski definition) is 11. The molecule has 0 spiro atoms. The summed E-state index contributed by atoms with van der Waals surface area (Å²) in [5.41, 5.74) is 2.55. The number of nitrogens with zero attached hydrogens (tertiary/aromatic N) is 1. The van der Waals surface area contributed by atoms with Gasteiger partial charge in [0.05, 0.1) is 0 Å². The van der Waals surface area contributed by atoms with Gasteiger partial charge in [0.2, 0.25) is 5.91 Å². The number of rotatable bonds is 12. The molecule has 1 aliphatic rings. The van der Waals surface area contributed by atoms with Crippen LogP contribution in [-0.4, -0.2) is 95.8 Å². The van der Waals surface area contributed by atoms with Gasteiger partial charge in [0.15, 0.2) is 12.3 Å². The molecular weight excluding hydrogens is 478 g/mol. The number of carboxylic acids is 2. The highest BCUT2D eigenvalue weighted by Crippen LogP contribution is 2.30. The van der Waals surface area contributed by atoms with Crippen molar-refractivity contribution in [1.82, 2.24) is 25.7 Å². The number of aliphatic carboxylic acids is 2. The van der Waals surface area contributed by atoms with Crippen LogP contribution in [-0.2, 0) is 23.9 Å². The zero-order valence-corrected chi connectivity index (χ0v) is 18.0.